The van der Waals surface area contributed by atoms with Crippen LogP contribution in [0.2, 0.25) is 5.02 Å². The van der Waals surface area contributed by atoms with Crippen molar-refractivity contribution in [1.29, 1.82) is 0 Å². The molecule has 0 fully saturated rings. The average molecular weight is 462 g/mol. The molecule has 0 spiro atoms. The second kappa shape index (κ2) is 7.39. The number of ether oxygens (including phenoxy) is 1. The van der Waals surface area contributed by atoms with E-state index in [0.29, 0.717) is 22.2 Å². The maximum absolute atomic E-state index is 14.0. The number of carbonyl (C=O) groups excluding carboxylic acids is 1. The Balaban J connectivity index is 1.62. The van der Waals surface area contributed by atoms with Crippen LogP contribution in [-0.4, -0.2) is 34.4 Å². The van der Waals surface area contributed by atoms with Gasteiger partial charge in [-0.15, -0.1) is 0 Å². The number of amides is 1. The van der Waals surface area contributed by atoms with Gasteiger partial charge < -0.3 is 19.6 Å². The van der Waals surface area contributed by atoms with Crippen LogP contribution < -0.4 is 5.56 Å². The summed E-state index contributed by atoms with van der Waals surface area (Å²) in [5.41, 5.74) is 0.794. The molecule has 6 nitrogen and oxygen atoms in total. The zero-order valence-electron chi connectivity index (χ0n) is 16.6. The van der Waals surface area contributed by atoms with E-state index in [4.69, 9.17) is 16.3 Å². The Labute approximate surface area is 183 Å². The molecule has 0 radical (unpaired) electrons. The van der Waals surface area contributed by atoms with Gasteiger partial charge in [0.25, 0.3) is 11.5 Å². The van der Waals surface area contributed by atoms with Crippen molar-refractivity contribution >= 4 is 39.2 Å². The van der Waals surface area contributed by atoms with Crippen LogP contribution in [0.15, 0.2) is 35.1 Å². The minimum Gasteiger partial charge on any atom is -0.373 e. The second-order valence-electron chi connectivity index (χ2n) is 7.64. The number of benzene rings is 2. The third-order valence-electron chi connectivity index (χ3n) is 5.71. The lowest BCUT2D eigenvalue weighted by Crippen LogP contribution is -2.37. The number of halogens is 4. The molecule has 10 heteroatoms. The van der Waals surface area contributed by atoms with Crippen LogP contribution in [0.25, 0.3) is 21.7 Å². The molecule has 1 atom stereocenters. The van der Waals surface area contributed by atoms with Gasteiger partial charge in [-0.2, -0.15) is 0 Å². The molecular formula is C22H15ClF3N3O3. The number of carbonyl (C=O) groups is 1. The van der Waals surface area contributed by atoms with Crippen LogP contribution >= 0.6 is 11.6 Å². The standard InChI is InChI=1S/C22H15ClF3N3O3/c1-29(22(31)17-6-12-13(23)2-9(24)3-16(12)27-17)19-8-32-7-18-20(19)10-4-14(25)15(26)5-11(10)21(30)28-18/h2-6,19,27H,7-8H2,1H3,(H,28,30)/t19-/m1/s1. The zero-order chi connectivity index (χ0) is 22.7. The topological polar surface area (TPSA) is 78.2 Å². The molecule has 3 heterocycles. The maximum Gasteiger partial charge on any atom is 0.270 e. The fourth-order valence-electron chi connectivity index (χ4n) is 4.15. The molecule has 32 heavy (non-hydrogen) atoms. The van der Waals surface area contributed by atoms with Gasteiger partial charge in [0.2, 0.25) is 0 Å². The largest absolute Gasteiger partial charge is 0.373 e. The van der Waals surface area contributed by atoms with Crippen LogP contribution in [0.3, 0.4) is 0 Å². The van der Waals surface area contributed by atoms with Crippen molar-refractivity contribution in [2.75, 3.05) is 13.7 Å². The Morgan fingerprint density at radius 3 is 2.53 bits per heavy atom. The van der Waals surface area contributed by atoms with E-state index in [1.165, 1.54) is 24.1 Å². The van der Waals surface area contributed by atoms with E-state index in [-0.39, 0.29) is 34.7 Å². The molecule has 1 amide bonds. The van der Waals surface area contributed by atoms with Crippen molar-refractivity contribution in [1.82, 2.24) is 14.9 Å². The summed E-state index contributed by atoms with van der Waals surface area (Å²) in [5, 5.41) is 0.823. The van der Waals surface area contributed by atoms with Crippen LogP contribution in [-0.2, 0) is 11.3 Å². The molecule has 1 aliphatic rings. The summed E-state index contributed by atoms with van der Waals surface area (Å²) in [7, 11) is 1.52. The van der Waals surface area contributed by atoms with Crippen molar-refractivity contribution in [3.8, 4) is 0 Å². The summed E-state index contributed by atoms with van der Waals surface area (Å²) in [5.74, 6) is -3.24. The molecule has 2 N–H and O–H groups in total. The number of fused-ring (bicyclic) bond motifs is 4. The molecule has 2 aromatic carbocycles. The monoisotopic (exact) mass is 461 g/mol. The van der Waals surface area contributed by atoms with Crippen molar-refractivity contribution < 1.29 is 22.7 Å². The van der Waals surface area contributed by atoms with Crippen LogP contribution in [0.4, 0.5) is 13.2 Å². The maximum atomic E-state index is 14.0. The third kappa shape index (κ3) is 3.16. The molecule has 0 bridgehead atoms. The summed E-state index contributed by atoms with van der Waals surface area (Å²) >= 11 is 6.08. The summed E-state index contributed by atoms with van der Waals surface area (Å²) < 4.78 is 47.0. The molecule has 0 saturated carbocycles. The predicted octanol–water partition coefficient (Wildman–Crippen LogP) is 4.42. The Kier molecular flexibility index (Phi) is 4.75. The zero-order valence-corrected chi connectivity index (χ0v) is 17.3. The van der Waals surface area contributed by atoms with E-state index in [1.807, 2.05) is 0 Å². The molecule has 1 aliphatic heterocycles. The Hall–Kier alpha value is -3.30. The number of nitrogens with one attached hydrogen (secondary N) is 2. The van der Waals surface area contributed by atoms with Gasteiger partial charge in [0.1, 0.15) is 11.5 Å². The molecule has 0 aliphatic carbocycles. The Bertz CT molecular complexity index is 1480. The lowest BCUT2D eigenvalue weighted by Gasteiger charge is -2.33. The fourth-order valence-corrected chi connectivity index (χ4v) is 4.42. The highest BCUT2D eigenvalue weighted by molar-refractivity contribution is 6.35. The number of likely N-dealkylation sites (N-methyl/N-ethyl adjacent to an activating group) is 1. The minimum atomic E-state index is -1.14. The molecule has 2 aromatic heterocycles. The normalized spacial score (nSPS) is 15.8. The van der Waals surface area contributed by atoms with Gasteiger partial charge in [-0.3, -0.25) is 9.59 Å². The summed E-state index contributed by atoms with van der Waals surface area (Å²) in [4.78, 5) is 32.5. The third-order valence-corrected chi connectivity index (χ3v) is 6.02. The summed E-state index contributed by atoms with van der Waals surface area (Å²) in [6.45, 7) is 0.129. The van der Waals surface area contributed by atoms with Crippen LogP contribution in [0.1, 0.15) is 27.8 Å². The van der Waals surface area contributed by atoms with Crippen LogP contribution in [0, 0.1) is 17.5 Å². The summed E-state index contributed by atoms with van der Waals surface area (Å²) in [6.07, 6.45) is 0. The average Bonchev–Trinajstić information content (AvgIpc) is 3.18. The first kappa shape index (κ1) is 20.6. The highest BCUT2D eigenvalue weighted by Gasteiger charge is 2.32. The van der Waals surface area contributed by atoms with E-state index in [9.17, 15) is 22.8 Å². The van der Waals surface area contributed by atoms with Gasteiger partial charge in [-0.1, -0.05) is 11.6 Å². The van der Waals surface area contributed by atoms with E-state index in [1.54, 1.807) is 0 Å². The van der Waals surface area contributed by atoms with Gasteiger partial charge in [0.05, 0.1) is 35.2 Å². The number of pyridine rings is 1. The van der Waals surface area contributed by atoms with Gasteiger partial charge in [-0.25, -0.2) is 13.2 Å². The lowest BCUT2D eigenvalue weighted by molar-refractivity contribution is 0.0333. The first-order chi connectivity index (χ1) is 15.2. The Morgan fingerprint density at radius 2 is 1.78 bits per heavy atom. The molecule has 0 unspecified atom stereocenters. The van der Waals surface area contributed by atoms with Gasteiger partial charge >= 0.3 is 0 Å². The number of aromatic amines is 2. The number of H-pyrrole nitrogens is 2. The molecule has 4 aromatic rings. The quantitative estimate of drug-likeness (QED) is 0.464. The minimum absolute atomic E-state index is 0.0248. The van der Waals surface area contributed by atoms with Gasteiger partial charge in [0, 0.05) is 23.7 Å². The SMILES string of the molecule is CN(C(=O)c1cc2c(Cl)cc(F)cc2[nH]1)[C@@H]1COCc2[nH]c(=O)c3cc(F)c(F)cc3c21. The number of aromatic nitrogens is 2. The first-order valence-electron chi connectivity index (χ1n) is 9.61. The number of rotatable bonds is 2. The lowest BCUT2D eigenvalue weighted by atomic mass is 9.95. The van der Waals surface area contributed by atoms with Crippen molar-refractivity contribution in [3.63, 3.8) is 0 Å². The first-order valence-corrected chi connectivity index (χ1v) is 9.99. The molecule has 5 rings (SSSR count). The van der Waals surface area contributed by atoms with Crippen molar-refractivity contribution in [2.24, 2.45) is 0 Å². The molecular weight excluding hydrogens is 447 g/mol. The van der Waals surface area contributed by atoms with E-state index in [0.717, 1.165) is 18.2 Å². The Morgan fingerprint density at radius 1 is 1.06 bits per heavy atom. The van der Waals surface area contributed by atoms with Gasteiger partial charge in [-0.05, 0) is 35.7 Å². The van der Waals surface area contributed by atoms with E-state index in [2.05, 4.69) is 9.97 Å². The van der Waals surface area contributed by atoms with Gasteiger partial charge in [0.15, 0.2) is 11.6 Å². The fraction of sp³-hybridized carbons (Fsp3) is 0.182. The second-order valence-corrected chi connectivity index (χ2v) is 8.04. The highest BCUT2D eigenvalue weighted by Crippen LogP contribution is 2.35. The van der Waals surface area contributed by atoms with Crippen molar-refractivity contribution in [2.45, 2.75) is 12.6 Å². The molecule has 164 valence electrons. The van der Waals surface area contributed by atoms with E-state index < -0.39 is 35.0 Å². The highest BCUT2D eigenvalue weighted by atomic mass is 35.5. The smallest absolute Gasteiger partial charge is 0.270 e. The number of nitrogens with zero attached hydrogens (tertiary/aromatic N) is 1. The molecule has 0 saturated heterocycles. The number of hydrogen-bond donors (Lipinski definition) is 2. The van der Waals surface area contributed by atoms with E-state index >= 15 is 0 Å². The predicted molar refractivity (Wildman–Crippen MR) is 112 cm³/mol. The number of hydrogen-bond acceptors (Lipinski definition) is 3. The van der Waals surface area contributed by atoms with Crippen LogP contribution in [0.5, 0.6) is 0 Å². The summed E-state index contributed by atoms with van der Waals surface area (Å²) in [6, 6.07) is 4.99. The van der Waals surface area contributed by atoms with Crippen molar-refractivity contribution in [3.05, 3.63) is 80.1 Å².